The van der Waals surface area contributed by atoms with Crippen LogP contribution in [-0.4, -0.2) is 7.11 Å². The third-order valence-electron chi connectivity index (χ3n) is 9.58. The number of hydrogen-bond acceptors (Lipinski definition) is 1. The first kappa shape index (κ1) is 15.5. The van der Waals surface area contributed by atoms with Crippen LogP contribution in [0, 0.1) is 46.3 Å². The lowest BCUT2D eigenvalue weighted by Crippen LogP contribution is -2.51. The minimum atomic E-state index is 0.585. The van der Waals surface area contributed by atoms with Crippen molar-refractivity contribution in [2.75, 3.05) is 7.11 Å². The Bertz CT molecular complexity index is 612. The lowest BCUT2D eigenvalue weighted by molar-refractivity contribution is -0.0766. The summed E-state index contributed by atoms with van der Waals surface area (Å²) in [4.78, 5) is 0. The second-order valence-electron chi connectivity index (χ2n) is 10.0. The predicted molar refractivity (Wildman–Crippen MR) is 98.3 cm³/mol. The van der Waals surface area contributed by atoms with Gasteiger partial charge < -0.3 is 4.74 Å². The molecule has 0 saturated heterocycles. The highest BCUT2D eigenvalue weighted by Gasteiger charge is 2.73. The summed E-state index contributed by atoms with van der Waals surface area (Å²) in [5.74, 6) is 7.10. The molecule has 0 aromatic heterocycles. The molecule has 5 aliphatic rings. The lowest BCUT2D eigenvalue weighted by Gasteiger charge is -2.58. The van der Waals surface area contributed by atoms with Crippen molar-refractivity contribution in [1.82, 2.24) is 0 Å². The van der Waals surface area contributed by atoms with Crippen molar-refractivity contribution >= 4 is 0 Å². The van der Waals surface area contributed by atoms with Crippen molar-refractivity contribution < 1.29 is 4.74 Å². The molecule has 0 spiro atoms. The highest BCUT2D eigenvalue weighted by atomic mass is 16.5. The van der Waals surface area contributed by atoms with Crippen LogP contribution in [0.5, 0.6) is 0 Å². The van der Waals surface area contributed by atoms with E-state index in [-0.39, 0.29) is 0 Å². The fraction of sp³-hybridized carbons (Fsp3) is 0.826. The number of fused-ring (bicyclic) bond motifs is 7. The molecule has 0 bridgehead atoms. The van der Waals surface area contributed by atoms with Crippen LogP contribution in [0.2, 0.25) is 0 Å². The molecule has 3 saturated carbocycles. The van der Waals surface area contributed by atoms with Crippen LogP contribution in [-0.2, 0) is 4.74 Å². The van der Waals surface area contributed by atoms with E-state index < -0.39 is 0 Å². The Hall–Kier alpha value is -0.720. The van der Waals surface area contributed by atoms with Crippen LogP contribution in [0.15, 0.2) is 23.5 Å². The summed E-state index contributed by atoms with van der Waals surface area (Å²) in [7, 11) is 1.84. The predicted octanol–water partition coefficient (Wildman–Crippen LogP) is 5.97. The first-order valence-corrected chi connectivity index (χ1v) is 10.5. The summed E-state index contributed by atoms with van der Waals surface area (Å²) in [6.45, 7) is 7.75. The van der Waals surface area contributed by atoms with Gasteiger partial charge in [-0.15, -0.1) is 0 Å². The third-order valence-corrected chi connectivity index (χ3v) is 9.58. The molecule has 132 valence electrons. The van der Waals surface area contributed by atoms with Gasteiger partial charge in [-0.2, -0.15) is 0 Å². The SMILES string of the molecule is CCC12CCC3C4CCC(OC)=CC4=CCC3C1C1CC1C2(C)C. The Labute approximate surface area is 147 Å². The van der Waals surface area contributed by atoms with Gasteiger partial charge in [0.25, 0.3) is 0 Å². The van der Waals surface area contributed by atoms with Gasteiger partial charge in [0.2, 0.25) is 0 Å². The molecule has 5 aliphatic carbocycles. The highest BCUT2D eigenvalue weighted by Crippen LogP contribution is 2.79. The van der Waals surface area contributed by atoms with Crippen molar-refractivity contribution in [3.8, 4) is 0 Å². The van der Waals surface area contributed by atoms with Crippen LogP contribution >= 0.6 is 0 Å². The van der Waals surface area contributed by atoms with E-state index in [2.05, 4.69) is 32.9 Å². The molecule has 0 aromatic rings. The van der Waals surface area contributed by atoms with E-state index in [9.17, 15) is 0 Å². The molecule has 3 fully saturated rings. The summed E-state index contributed by atoms with van der Waals surface area (Å²) < 4.78 is 5.55. The second kappa shape index (κ2) is 4.92. The van der Waals surface area contributed by atoms with E-state index in [0.29, 0.717) is 10.8 Å². The van der Waals surface area contributed by atoms with Gasteiger partial charge in [-0.3, -0.25) is 0 Å². The fourth-order valence-electron chi connectivity index (χ4n) is 8.39. The standard InChI is InChI=1S/C23H34O/c1-5-23-11-10-17-16-9-7-15(24-4)12-14(16)6-8-18(17)21(23)19-13-20(19)22(23,2)3/h6,12,16-21H,5,7-11,13H2,1-4H3. The minimum Gasteiger partial charge on any atom is -0.501 e. The van der Waals surface area contributed by atoms with E-state index in [1.807, 2.05) is 7.11 Å². The molecular weight excluding hydrogens is 292 g/mol. The summed E-state index contributed by atoms with van der Waals surface area (Å²) in [6.07, 6.45) is 14.8. The molecule has 0 radical (unpaired) electrons. The topological polar surface area (TPSA) is 9.23 Å². The number of allylic oxidation sites excluding steroid dienone is 4. The van der Waals surface area contributed by atoms with Crippen LogP contribution in [0.4, 0.5) is 0 Å². The molecule has 1 nitrogen and oxygen atoms in total. The molecule has 0 N–H and O–H groups in total. The zero-order valence-electron chi connectivity index (χ0n) is 16.0. The molecule has 0 amide bonds. The Morgan fingerprint density at radius 1 is 1.17 bits per heavy atom. The molecule has 0 aromatic carbocycles. The Morgan fingerprint density at radius 2 is 2.00 bits per heavy atom. The summed E-state index contributed by atoms with van der Waals surface area (Å²) in [5, 5.41) is 0. The quantitative estimate of drug-likeness (QED) is 0.607. The molecule has 0 aliphatic heterocycles. The zero-order valence-corrected chi connectivity index (χ0v) is 16.0. The molecule has 5 rings (SSSR count). The van der Waals surface area contributed by atoms with Gasteiger partial charge in [-0.05, 0) is 96.5 Å². The average molecular weight is 327 g/mol. The van der Waals surface area contributed by atoms with Gasteiger partial charge in [0.05, 0.1) is 12.9 Å². The minimum absolute atomic E-state index is 0.585. The smallest absolute Gasteiger partial charge is 0.0958 e. The van der Waals surface area contributed by atoms with Crippen LogP contribution in [0.3, 0.4) is 0 Å². The Morgan fingerprint density at radius 3 is 2.75 bits per heavy atom. The maximum atomic E-state index is 5.55. The highest BCUT2D eigenvalue weighted by molar-refractivity contribution is 5.32. The normalized spacial score (nSPS) is 50.7. The van der Waals surface area contributed by atoms with E-state index in [1.165, 1.54) is 44.3 Å². The van der Waals surface area contributed by atoms with E-state index in [0.717, 1.165) is 41.9 Å². The largest absolute Gasteiger partial charge is 0.501 e. The summed E-state index contributed by atoms with van der Waals surface area (Å²) >= 11 is 0. The monoisotopic (exact) mass is 326 g/mol. The molecule has 1 heteroatoms. The number of ether oxygens (including phenoxy) is 1. The second-order valence-corrected chi connectivity index (χ2v) is 10.0. The van der Waals surface area contributed by atoms with Crippen molar-refractivity contribution in [3.05, 3.63) is 23.5 Å². The van der Waals surface area contributed by atoms with E-state index >= 15 is 0 Å². The van der Waals surface area contributed by atoms with Gasteiger partial charge in [-0.25, -0.2) is 0 Å². The van der Waals surface area contributed by atoms with Crippen molar-refractivity contribution in [2.24, 2.45) is 46.3 Å². The van der Waals surface area contributed by atoms with Gasteiger partial charge in [0.15, 0.2) is 0 Å². The van der Waals surface area contributed by atoms with Crippen molar-refractivity contribution in [3.63, 3.8) is 0 Å². The maximum absolute atomic E-state index is 5.55. The van der Waals surface area contributed by atoms with Crippen LogP contribution < -0.4 is 0 Å². The van der Waals surface area contributed by atoms with E-state index in [1.54, 1.807) is 5.57 Å². The third kappa shape index (κ3) is 1.72. The molecule has 0 heterocycles. The van der Waals surface area contributed by atoms with Gasteiger partial charge in [0.1, 0.15) is 0 Å². The van der Waals surface area contributed by atoms with Gasteiger partial charge in [0, 0.05) is 6.42 Å². The van der Waals surface area contributed by atoms with Crippen LogP contribution in [0.25, 0.3) is 0 Å². The Balaban J connectivity index is 1.51. The van der Waals surface area contributed by atoms with Gasteiger partial charge in [-0.1, -0.05) is 26.8 Å². The van der Waals surface area contributed by atoms with Crippen molar-refractivity contribution in [1.29, 1.82) is 0 Å². The molecule has 7 unspecified atom stereocenters. The number of methoxy groups -OCH3 is 1. The maximum Gasteiger partial charge on any atom is 0.0958 e. The number of rotatable bonds is 2. The van der Waals surface area contributed by atoms with Crippen LogP contribution in [0.1, 0.15) is 65.7 Å². The Kier molecular flexibility index (Phi) is 3.18. The zero-order chi connectivity index (χ0) is 16.7. The van der Waals surface area contributed by atoms with E-state index in [4.69, 9.17) is 4.74 Å². The first-order valence-electron chi connectivity index (χ1n) is 10.5. The number of hydrogen-bond donors (Lipinski definition) is 0. The average Bonchev–Trinajstić information content (AvgIpc) is 3.37. The summed E-state index contributed by atoms with van der Waals surface area (Å²) in [5.41, 5.74) is 2.85. The van der Waals surface area contributed by atoms with Gasteiger partial charge >= 0.3 is 0 Å². The summed E-state index contributed by atoms with van der Waals surface area (Å²) in [6, 6.07) is 0. The molecule has 7 atom stereocenters. The molecular formula is C23H34O. The lowest BCUT2D eigenvalue weighted by atomic mass is 9.47. The first-order chi connectivity index (χ1) is 11.5. The molecule has 24 heavy (non-hydrogen) atoms. The fourth-order valence-corrected chi connectivity index (χ4v) is 8.39. The van der Waals surface area contributed by atoms with Crippen molar-refractivity contribution in [2.45, 2.75) is 65.7 Å².